The van der Waals surface area contributed by atoms with Crippen molar-refractivity contribution in [3.63, 3.8) is 0 Å². The van der Waals surface area contributed by atoms with Gasteiger partial charge in [0.15, 0.2) is 0 Å². The maximum absolute atomic E-state index is 12.1. The highest BCUT2D eigenvalue weighted by molar-refractivity contribution is 5.79. The van der Waals surface area contributed by atoms with Crippen LogP contribution in [-0.4, -0.2) is 33.9 Å². The number of nitrogens with zero attached hydrogens (tertiary/aromatic N) is 2. The van der Waals surface area contributed by atoms with E-state index in [-0.39, 0.29) is 17.9 Å². The van der Waals surface area contributed by atoms with Crippen molar-refractivity contribution < 1.29 is 9.90 Å². The van der Waals surface area contributed by atoms with E-state index in [1.807, 2.05) is 25.6 Å². The fourth-order valence-electron chi connectivity index (χ4n) is 3.10. The first-order valence-corrected chi connectivity index (χ1v) is 7.34. The summed E-state index contributed by atoms with van der Waals surface area (Å²) < 4.78 is 1.81. The third-order valence-corrected chi connectivity index (χ3v) is 4.66. The van der Waals surface area contributed by atoms with Gasteiger partial charge < -0.3 is 10.4 Å². The number of amides is 1. The highest BCUT2D eigenvalue weighted by Gasteiger charge is 2.33. The Balaban J connectivity index is 1.92. The van der Waals surface area contributed by atoms with E-state index in [1.54, 1.807) is 0 Å². The summed E-state index contributed by atoms with van der Waals surface area (Å²) in [5.74, 6) is 0.0175. The normalized spacial score (nSPS) is 17.4. The minimum Gasteiger partial charge on any atom is -0.396 e. The molecule has 1 aromatic rings. The Labute approximate surface area is 120 Å². The fraction of sp³-hybridized carbons (Fsp3) is 0.733. The van der Waals surface area contributed by atoms with Crippen LogP contribution in [0.5, 0.6) is 0 Å². The number of hydrogen-bond acceptors (Lipinski definition) is 3. The summed E-state index contributed by atoms with van der Waals surface area (Å²) in [6.07, 6.45) is 4.69. The van der Waals surface area contributed by atoms with Crippen molar-refractivity contribution in [2.45, 2.75) is 46.0 Å². The average molecular weight is 279 g/mol. The first-order chi connectivity index (χ1) is 9.47. The molecule has 1 amide bonds. The first-order valence-electron chi connectivity index (χ1n) is 7.34. The van der Waals surface area contributed by atoms with Crippen LogP contribution in [-0.2, 0) is 18.3 Å². The summed E-state index contributed by atoms with van der Waals surface area (Å²) in [5.41, 5.74) is 2.87. The second kappa shape index (κ2) is 5.95. The third-order valence-electron chi connectivity index (χ3n) is 4.66. The zero-order valence-electron chi connectivity index (χ0n) is 12.7. The van der Waals surface area contributed by atoms with Crippen molar-refractivity contribution in [2.24, 2.45) is 12.5 Å². The maximum atomic E-state index is 12.1. The van der Waals surface area contributed by atoms with Gasteiger partial charge in [-0.25, -0.2) is 0 Å². The van der Waals surface area contributed by atoms with Crippen LogP contribution in [0.15, 0.2) is 0 Å². The molecule has 1 aliphatic rings. The van der Waals surface area contributed by atoms with E-state index >= 15 is 0 Å². The summed E-state index contributed by atoms with van der Waals surface area (Å²) in [7, 11) is 1.89. The van der Waals surface area contributed by atoms with Crippen molar-refractivity contribution in [2.75, 3.05) is 13.2 Å². The van der Waals surface area contributed by atoms with Crippen molar-refractivity contribution >= 4 is 5.91 Å². The number of carbonyl (C=O) groups is 1. The molecule has 1 heterocycles. The summed E-state index contributed by atoms with van der Waals surface area (Å²) in [4.78, 5) is 12.1. The van der Waals surface area contributed by atoms with Crippen molar-refractivity contribution in [3.05, 3.63) is 17.0 Å². The molecule has 1 fully saturated rings. The van der Waals surface area contributed by atoms with Gasteiger partial charge in [0, 0.05) is 30.3 Å². The predicted molar refractivity (Wildman–Crippen MR) is 77.4 cm³/mol. The Hall–Kier alpha value is -1.36. The Bertz CT molecular complexity index is 488. The molecule has 1 aromatic heterocycles. The van der Waals surface area contributed by atoms with Crippen LogP contribution in [0.2, 0.25) is 0 Å². The summed E-state index contributed by atoms with van der Waals surface area (Å²) in [6, 6.07) is 0. The number of nitrogens with one attached hydrogen (secondary N) is 1. The van der Waals surface area contributed by atoms with Gasteiger partial charge in [0.2, 0.25) is 5.91 Å². The van der Waals surface area contributed by atoms with Crippen LogP contribution in [0.4, 0.5) is 0 Å². The number of carbonyl (C=O) groups excluding carboxylic acids is 1. The predicted octanol–water partition coefficient (Wildman–Crippen LogP) is 1.25. The molecule has 2 rings (SSSR count). The zero-order valence-corrected chi connectivity index (χ0v) is 12.7. The number of aliphatic hydroxyl groups excluding tert-OH is 1. The highest BCUT2D eigenvalue weighted by atomic mass is 16.3. The largest absolute Gasteiger partial charge is 0.396 e. The molecule has 0 spiro atoms. The van der Waals surface area contributed by atoms with Gasteiger partial charge in [-0.15, -0.1) is 0 Å². The van der Waals surface area contributed by atoms with Crippen molar-refractivity contribution in [3.8, 4) is 0 Å². The smallest absolute Gasteiger partial charge is 0.224 e. The number of aryl methyl sites for hydroxylation is 2. The van der Waals surface area contributed by atoms with E-state index in [1.165, 1.54) is 0 Å². The number of rotatable bonds is 5. The maximum Gasteiger partial charge on any atom is 0.224 e. The van der Waals surface area contributed by atoms with Crippen LogP contribution in [0.1, 0.15) is 42.6 Å². The van der Waals surface area contributed by atoms with E-state index in [9.17, 15) is 9.90 Å². The van der Waals surface area contributed by atoms with E-state index in [4.69, 9.17) is 0 Å². The Morgan fingerprint density at radius 3 is 2.55 bits per heavy atom. The summed E-state index contributed by atoms with van der Waals surface area (Å²) in [6.45, 7) is 4.66. The second-order valence-electron chi connectivity index (χ2n) is 6.09. The standard InChI is InChI=1S/C15H25N3O2/c1-11-13(12(2)18(3)17-11)8-14(20)16-9-15(10-19)6-4-5-7-15/h19H,4-10H2,1-3H3,(H,16,20). The lowest BCUT2D eigenvalue weighted by molar-refractivity contribution is -0.121. The quantitative estimate of drug-likeness (QED) is 0.852. The summed E-state index contributed by atoms with van der Waals surface area (Å²) >= 11 is 0. The van der Waals surface area contributed by atoms with E-state index in [0.717, 1.165) is 42.6 Å². The third kappa shape index (κ3) is 3.03. The van der Waals surface area contributed by atoms with Crippen molar-refractivity contribution in [1.29, 1.82) is 0 Å². The molecule has 1 aliphatic carbocycles. The van der Waals surface area contributed by atoms with Gasteiger partial charge in [-0.2, -0.15) is 5.10 Å². The lowest BCUT2D eigenvalue weighted by Crippen LogP contribution is -2.39. The molecule has 5 nitrogen and oxygen atoms in total. The minimum absolute atomic E-state index is 0.0175. The molecule has 0 bridgehead atoms. The van der Waals surface area contributed by atoms with Gasteiger partial charge in [-0.1, -0.05) is 12.8 Å². The molecule has 0 saturated heterocycles. The van der Waals surface area contributed by atoms with Crippen LogP contribution < -0.4 is 5.32 Å². The van der Waals surface area contributed by atoms with Gasteiger partial charge in [0.05, 0.1) is 18.7 Å². The Morgan fingerprint density at radius 2 is 2.05 bits per heavy atom. The molecular formula is C15H25N3O2. The topological polar surface area (TPSA) is 67.2 Å². The lowest BCUT2D eigenvalue weighted by Gasteiger charge is -2.26. The first kappa shape index (κ1) is 15.0. The Kier molecular flexibility index (Phi) is 4.48. The van der Waals surface area contributed by atoms with Crippen molar-refractivity contribution in [1.82, 2.24) is 15.1 Å². The molecule has 0 aliphatic heterocycles. The van der Waals surface area contributed by atoms with E-state index < -0.39 is 0 Å². The second-order valence-corrected chi connectivity index (χ2v) is 6.09. The van der Waals surface area contributed by atoms with Gasteiger partial charge >= 0.3 is 0 Å². The molecule has 112 valence electrons. The number of aromatic nitrogens is 2. The summed E-state index contributed by atoms with van der Waals surface area (Å²) in [5, 5.41) is 16.9. The lowest BCUT2D eigenvalue weighted by atomic mass is 9.87. The van der Waals surface area contributed by atoms with Gasteiger partial charge in [-0.05, 0) is 26.7 Å². The molecular weight excluding hydrogens is 254 g/mol. The molecule has 2 N–H and O–H groups in total. The number of aliphatic hydroxyl groups is 1. The van der Waals surface area contributed by atoms with Gasteiger partial charge in [0.1, 0.15) is 0 Å². The monoisotopic (exact) mass is 279 g/mol. The molecule has 0 radical (unpaired) electrons. The molecule has 1 saturated carbocycles. The fourth-order valence-corrected chi connectivity index (χ4v) is 3.10. The number of hydrogen-bond donors (Lipinski definition) is 2. The van der Waals surface area contributed by atoms with Crippen LogP contribution in [0, 0.1) is 19.3 Å². The Morgan fingerprint density at radius 1 is 1.40 bits per heavy atom. The van der Waals surface area contributed by atoms with Gasteiger partial charge in [0.25, 0.3) is 0 Å². The highest BCUT2D eigenvalue weighted by Crippen LogP contribution is 2.36. The zero-order chi connectivity index (χ0) is 14.8. The molecule has 0 atom stereocenters. The van der Waals surface area contributed by atoms with E-state index in [0.29, 0.717) is 13.0 Å². The van der Waals surface area contributed by atoms with Gasteiger partial charge in [-0.3, -0.25) is 9.48 Å². The minimum atomic E-state index is -0.0886. The van der Waals surface area contributed by atoms with E-state index in [2.05, 4.69) is 10.4 Å². The molecule has 5 heteroatoms. The van der Waals surface area contributed by atoms with Crippen LogP contribution >= 0.6 is 0 Å². The molecule has 20 heavy (non-hydrogen) atoms. The molecule has 0 unspecified atom stereocenters. The SMILES string of the molecule is Cc1nn(C)c(C)c1CC(=O)NCC1(CO)CCCC1. The molecule has 0 aromatic carbocycles. The van der Waals surface area contributed by atoms with Crippen LogP contribution in [0.25, 0.3) is 0 Å². The average Bonchev–Trinajstić information content (AvgIpc) is 2.98. The van der Waals surface area contributed by atoms with Crippen LogP contribution in [0.3, 0.4) is 0 Å².